The van der Waals surface area contributed by atoms with Gasteiger partial charge in [0, 0.05) is 35.5 Å². The lowest BCUT2D eigenvalue weighted by molar-refractivity contribution is -0.384. The molecule has 1 amide bonds. The number of carbonyl (C=O) groups is 1. The molecule has 8 heteroatoms. The third-order valence-electron chi connectivity index (χ3n) is 4.19. The van der Waals surface area contributed by atoms with E-state index in [0.717, 1.165) is 21.8 Å². The van der Waals surface area contributed by atoms with E-state index in [-0.39, 0.29) is 24.1 Å². The van der Waals surface area contributed by atoms with Crippen molar-refractivity contribution in [3.05, 3.63) is 67.8 Å². The van der Waals surface area contributed by atoms with Gasteiger partial charge >= 0.3 is 0 Å². The van der Waals surface area contributed by atoms with Crippen molar-refractivity contribution in [3.8, 4) is 10.6 Å². The number of hydrogen-bond donors (Lipinski definition) is 0. The first kappa shape index (κ1) is 18.2. The Bertz CT molecular complexity index is 921. The highest BCUT2D eigenvalue weighted by Crippen LogP contribution is 2.27. The molecule has 6 nitrogen and oxygen atoms in total. The maximum atomic E-state index is 12.6. The lowest BCUT2D eigenvalue weighted by Crippen LogP contribution is -2.31. The van der Waals surface area contributed by atoms with Crippen molar-refractivity contribution in [1.82, 2.24) is 9.88 Å². The molecule has 0 saturated carbocycles. The van der Waals surface area contributed by atoms with E-state index < -0.39 is 4.92 Å². The normalized spacial score (nSPS) is 11.9. The van der Waals surface area contributed by atoms with Gasteiger partial charge in [-0.15, -0.1) is 11.3 Å². The maximum absolute atomic E-state index is 12.6. The fourth-order valence-electron chi connectivity index (χ4n) is 2.52. The van der Waals surface area contributed by atoms with Crippen LogP contribution in [0.4, 0.5) is 5.69 Å². The summed E-state index contributed by atoms with van der Waals surface area (Å²) < 4.78 is 0. The molecule has 0 radical (unpaired) electrons. The minimum absolute atomic E-state index is 0.0232. The molecule has 0 aliphatic rings. The number of benzene rings is 1. The third-order valence-corrected chi connectivity index (χ3v) is 5.81. The Labute approximate surface area is 158 Å². The highest BCUT2D eigenvalue weighted by molar-refractivity contribution is 7.14. The SMILES string of the molecule is CC(c1cccc([N+](=O)[O-])c1)N(C)C(=O)Cc1csc(-c2ccsc2)n1. The lowest BCUT2D eigenvalue weighted by atomic mass is 10.1. The Morgan fingerprint density at radius 3 is 2.85 bits per heavy atom. The molecular weight excluding hydrogens is 370 g/mol. The minimum atomic E-state index is -0.431. The molecule has 0 aliphatic carbocycles. The number of nitrogens with zero attached hydrogens (tertiary/aromatic N) is 3. The van der Waals surface area contributed by atoms with Gasteiger partial charge in [0.15, 0.2) is 0 Å². The molecule has 3 aromatic rings. The molecular formula is C18H17N3O3S2. The van der Waals surface area contributed by atoms with E-state index in [1.165, 1.54) is 23.5 Å². The predicted octanol–water partition coefficient (Wildman–Crippen LogP) is 4.54. The number of amides is 1. The number of aromatic nitrogens is 1. The van der Waals surface area contributed by atoms with E-state index in [9.17, 15) is 14.9 Å². The first-order chi connectivity index (χ1) is 12.5. The van der Waals surface area contributed by atoms with Crippen LogP contribution < -0.4 is 0 Å². The Kier molecular flexibility index (Phi) is 5.43. The summed E-state index contributed by atoms with van der Waals surface area (Å²) >= 11 is 3.13. The summed E-state index contributed by atoms with van der Waals surface area (Å²) in [7, 11) is 1.71. The van der Waals surface area contributed by atoms with Crippen molar-refractivity contribution in [3.63, 3.8) is 0 Å². The molecule has 134 valence electrons. The van der Waals surface area contributed by atoms with Crippen LogP contribution in [0.15, 0.2) is 46.5 Å². The standard InChI is InChI=1S/C18H17N3O3S2/c1-12(13-4-3-5-16(8-13)21(23)24)20(2)17(22)9-15-11-26-18(19-15)14-6-7-25-10-14/h3-8,10-12H,9H2,1-2H3. The molecule has 0 fully saturated rings. The van der Waals surface area contributed by atoms with Gasteiger partial charge in [-0.3, -0.25) is 14.9 Å². The fourth-order valence-corrected chi connectivity index (χ4v) is 4.06. The summed E-state index contributed by atoms with van der Waals surface area (Å²) in [5, 5.41) is 17.8. The molecule has 1 aromatic carbocycles. The maximum Gasteiger partial charge on any atom is 0.269 e. The topological polar surface area (TPSA) is 76.3 Å². The molecule has 0 spiro atoms. The first-order valence-corrected chi connectivity index (χ1v) is 9.75. The molecule has 2 aromatic heterocycles. The second kappa shape index (κ2) is 7.76. The highest BCUT2D eigenvalue weighted by atomic mass is 32.1. The summed E-state index contributed by atoms with van der Waals surface area (Å²) in [6.07, 6.45) is 0.205. The number of non-ortho nitro benzene ring substituents is 1. The summed E-state index contributed by atoms with van der Waals surface area (Å²) in [4.78, 5) is 29.2. The molecule has 0 N–H and O–H groups in total. The van der Waals surface area contributed by atoms with Gasteiger partial charge in [0.2, 0.25) is 5.91 Å². The van der Waals surface area contributed by atoms with Gasteiger partial charge in [-0.05, 0) is 23.9 Å². The number of carbonyl (C=O) groups excluding carboxylic acids is 1. The molecule has 0 aliphatic heterocycles. The van der Waals surface area contributed by atoms with E-state index in [1.807, 2.05) is 29.1 Å². The monoisotopic (exact) mass is 387 g/mol. The second-order valence-electron chi connectivity index (χ2n) is 5.87. The Morgan fingerprint density at radius 2 is 2.15 bits per heavy atom. The molecule has 3 rings (SSSR count). The predicted molar refractivity (Wildman–Crippen MR) is 103 cm³/mol. The van der Waals surface area contributed by atoms with E-state index in [2.05, 4.69) is 4.98 Å². The zero-order chi connectivity index (χ0) is 18.7. The number of nitro benzene ring substituents is 1. The van der Waals surface area contributed by atoms with Gasteiger partial charge in [-0.2, -0.15) is 11.3 Å². The molecule has 26 heavy (non-hydrogen) atoms. The van der Waals surface area contributed by atoms with Gasteiger partial charge in [-0.25, -0.2) is 4.98 Å². The largest absolute Gasteiger partial charge is 0.339 e. The Balaban J connectivity index is 1.69. The summed E-state index contributed by atoms with van der Waals surface area (Å²) in [6, 6.07) is 8.11. The van der Waals surface area contributed by atoms with Crippen LogP contribution in [0.3, 0.4) is 0 Å². The van der Waals surface area contributed by atoms with Gasteiger partial charge in [-0.1, -0.05) is 12.1 Å². The van der Waals surface area contributed by atoms with Crippen LogP contribution in [-0.4, -0.2) is 27.8 Å². The Hall–Kier alpha value is -2.58. The van der Waals surface area contributed by atoms with Crippen LogP contribution in [0.2, 0.25) is 0 Å². The molecule has 1 unspecified atom stereocenters. The summed E-state index contributed by atoms with van der Waals surface area (Å²) in [6.45, 7) is 1.86. The quantitative estimate of drug-likeness (QED) is 0.459. The summed E-state index contributed by atoms with van der Waals surface area (Å²) in [5.74, 6) is -0.0776. The smallest absolute Gasteiger partial charge is 0.269 e. The number of hydrogen-bond acceptors (Lipinski definition) is 6. The van der Waals surface area contributed by atoms with Crippen molar-refractivity contribution >= 4 is 34.3 Å². The van der Waals surface area contributed by atoms with Crippen molar-refractivity contribution in [2.75, 3.05) is 7.05 Å². The minimum Gasteiger partial charge on any atom is -0.339 e. The number of thiazole rings is 1. The van der Waals surface area contributed by atoms with Crippen LogP contribution >= 0.6 is 22.7 Å². The molecule has 0 saturated heterocycles. The zero-order valence-corrected chi connectivity index (χ0v) is 15.9. The van der Waals surface area contributed by atoms with Crippen molar-refractivity contribution in [2.24, 2.45) is 0 Å². The zero-order valence-electron chi connectivity index (χ0n) is 14.3. The number of nitro groups is 1. The Morgan fingerprint density at radius 1 is 1.35 bits per heavy atom. The van der Waals surface area contributed by atoms with Crippen molar-refractivity contribution in [2.45, 2.75) is 19.4 Å². The lowest BCUT2D eigenvalue weighted by Gasteiger charge is -2.25. The van der Waals surface area contributed by atoms with Crippen molar-refractivity contribution < 1.29 is 9.72 Å². The third kappa shape index (κ3) is 3.97. The van der Waals surface area contributed by atoms with Crippen LogP contribution in [0.25, 0.3) is 10.6 Å². The highest BCUT2D eigenvalue weighted by Gasteiger charge is 2.20. The number of rotatable bonds is 6. The average molecular weight is 387 g/mol. The molecule has 1 atom stereocenters. The molecule has 0 bridgehead atoms. The number of likely N-dealkylation sites (N-methyl/N-ethyl adjacent to an activating group) is 1. The van der Waals surface area contributed by atoms with Gasteiger partial charge in [0.1, 0.15) is 5.01 Å². The van der Waals surface area contributed by atoms with Crippen LogP contribution in [0.1, 0.15) is 24.2 Å². The number of thiophene rings is 1. The van der Waals surface area contributed by atoms with Gasteiger partial charge < -0.3 is 4.90 Å². The van der Waals surface area contributed by atoms with Crippen LogP contribution in [-0.2, 0) is 11.2 Å². The first-order valence-electron chi connectivity index (χ1n) is 7.92. The second-order valence-corrected chi connectivity index (χ2v) is 7.50. The average Bonchev–Trinajstić information content (AvgIpc) is 3.32. The van der Waals surface area contributed by atoms with E-state index in [4.69, 9.17) is 0 Å². The molecule has 2 heterocycles. The van der Waals surface area contributed by atoms with Crippen LogP contribution in [0.5, 0.6) is 0 Å². The van der Waals surface area contributed by atoms with Gasteiger partial charge in [0.25, 0.3) is 5.69 Å². The van der Waals surface area contributed by atoms with Crippen LogP contribution in [0, 0.1) is 10.1 Å². The fraction of sp³-hybridized carbons (Fsp3) is 0.222. The van der Waals surface area contributed by atoms with E-state index in [1.54, 1.807) is 35.4 Å². The summed E-state index contributed by atoms with van der Waals surface area (Å²) in [5.41, 5.74) is 2.55. The van der Waals surface area contributed by atoms with E-state index in [0.29, 0.717) is 0 Å². The van der Waals surface area contributed by atoms with Crippen molar-refractivity contribution in [1.29, 1.82) is 0 Å². The van der Waals surface area contributed by atoms with Gasteiger partial charge in [0.05, 0.1) is 23.1 Å². The van der Waals surface area contributed by atoms with E-state index >= 15 is 0 Å².